The second-order valence-corrected chi connectivity index (χ2v) is 7.62. The van der Waals surface area contributed by atoms with Gasteiger partial charge >= 0.3 is 0 Å². The average Bonchev–Trinajstić information content (AvgIpc) is 2.52. The van der Waals surface area contributed by atoms with E-state index >= 15 is 0 Å². The van der Waals surface area contributed by atoms with E-state index in [-0.39, 0.29) is 5.92 Å². The molecule has 1 aromatic carbocycles. The topological polar surface area (TPSA) is 26.3 Å². The highest BCUT2D eigenvalue weighted by atomic mass is 35.5. The minimum atomic E-state index is 0.160. The zero-order valence-electron chi connectivity index (χ0n) is 15.7. The Morgan fingerprint density at radius 2 is 1.88 bits per heavy atom. The van der Waals surface area contributed by atoms with E-state index in [4.69, 9.17) is 16.3 Å². The molecule has 2 nitrogen and oxygen atoms in total. The van der Waals surface area contributed by atoms with Crippen LogP contribution in [0.15, 0.2) is 18.2 Å². The fraction of sp³-hybridized carbons (Fsp3) is 0.667. The molecule has 24 heavy (non-hydrogen) atoms. The van der Waals surface area contributed by atoms with Crippen molar-refractivity contribution in [1.82, 2.24) is 0 Å². The quantitative estimate of drug-likeness (QED) is 0.402. The summed E-state index contributed by atoms with van der Waals surface area (Å²) in [5.41, 5.74) is 1.22. The van der Waals surface area contributed by atoms with E-state index in [9.17, 15) is 4.79 Å². The highest BCUT2D eigenvalue weighted by molar-refractivity contribution is 6.30. The zero-order valence-corrected chi connectivity index (χ0v) is 16.5. The summed E-state index contributed by atoms with van der Waals surface area (Å²) in [6.45, 7) is 9.09. The third-order valence-corrected chi connectivity index (χ3v) is 4.50. The van der Waals surface area contributed by atoms with Crippen LogP contribution in [-0.4, -0.2) is 12.4 Å². The molecule has 0 N–H and O–H groups in total. The molecule has 0 saturated heterocycles. The number of hydrogen-bond donors (Lipinski definition) is 0. The Hall–Kier alpha value is -1.02. The second kappa shape index (κ2) is 11.5. The smallest absolute Gasteiger partial charge is 0.135 e. The summed E-state index contributed by atoms with van der Waals surface area (Å²) in [6.07, 6.45) is 7.20. The van der Waals surface area contributed by atoms with Gasteiger partial charge in [0, 0.05) is 17.4 Å². The largest absolute Gasteiger partial charge is 0.493 e. The van der Waals surface area contributed by atoms with Crippen molar-refractivity contribution in [1.29, 1.82) is 0 Å². The fourth-order valence-corrected chi connectivity index (χ4v) is 3.00. The van der Waals surface area contributed by atoms with Gasteiger partial charge in [-0.2, -0.15) is 0 Å². The Morgan fingerprint density at radius 3 is 2.54 bits per heavy atom. The number of benzene rings is 1. The molecule has 0 bridgehead atoms. The third-order valence-electron chi connectivity index (χ3n) is 4.28. The van der Waals surface area contributed by atoms with Crippen molar-refractivity contribution in [2.75, 3.05) is 6.61 Å². The first-order chi connectivity index (χ1) is 11.4. The lowest BCUT2D eigenvalue weighted by atomic mass is 10.0. The summed E-state index contributed by atoms with van der Waals surface area (Å²) in [5.74, 6) is 1.97. The molecule has 0 heterocycles. The molecule has 0 fully saturated rings. The van der Waals surface area contributed by atoms with Crippen molar-refractivity contribution >= 4 is 17.4 Å². The van der Waals surface area contributed by atoms with E-state index < -0.39 is 0 Å². The summed E-state index contributed by atoms with van der Waals surface area (Å²) in [4.78, 5) is 11.6. The third kappa shape index (κ3) is 8.73. The van der Waals surface area contributed by atoms with E-state index in [1.807, 2.05) is 26.0 Å². The van der Waals surface area contributed by atoms with Crippen LogP contribution in [0.3, 0.4) is 0 Å². The normalized spacial score (nSPS) is 12.4. The lowest BCUT2D eigenvalue weighted by molar-refractivity contribution is -0.122. The van der Waals surface area contributed by atoms with Crippen molar-refractivity contribution in [3.05, 3.63) is 28.8 Å². The number of hydrogen-bond acceptors (Lipinski definition) is 2. The van der Waals surface area contributed by atoms with Crippen LogP contribution >= 0.6 is 11.6 Å². The average molecular weight is 353 g/mol. The number of ketones is 1. The molecule has 0 amide bonds. The van der Waals surface area contributed by atoms with E-state index in [1.54, 1.807) is 0 Å². The Morgan fingerprint density at radius 1 is 1.12 bits per heavy atom. The lowest BCUT2D eigenvalue weighted by Gasteiger charge is -2.13. The van der Waals surface area contributed by atoms with Gasteiger partial charge in [0.15, 0.2) is 0 Å². The second-order valence-electron chi connectivity index (χ2n) is 7.18. The first-order valence-electron chi connectivity index (χ1n) is 9.37. The maximum absolute atomic E-state index is 11.6. The predicted octanol–water partition coefficient (Wildman–Crippen LogP) is 6.48. The lowest BCUT2D eigenvalue weighted by Crippen LogP contribution is -2.08. The molecule has 3 heteroatoms. The number of carbonyl (C=O) groups is 1. The standard InChI is InChI=1S/C21H33ClO2/c1-5-9-17(4)15-24-20-13-18(12-19(22)14-20)10-7-6-8-11-21(23)16(2)3/h12-14,16-17H,5-11,15H2,1-4H3. The van der Waals surface area contributed by atoms with E-state index in [2.05, 4.69) is 19.9 Å². The van der Waals surface area contributed by atoms with Crippen molar-refractivity contribution < 1.29 is 9.53 Å². The molecule has 0 aliphatic rings. The van der Waals surface area contributed by atoms with Gasteiger partial charge in [-0.15, -0.1) is 0 Å². The predicted molar refractivity (Wildman–Crippen MR) is 103 cm³/mol. The molecule has 0 aliphatic heterocycles. The Bertz CT molecular complexity index is 497. The Labute approximate surface area is 152 Å². The molecule has 0 aliphatic carbocycles. The van der Waals surface area contributed by atoms with Crippen LogP contribution in [0.25, 0.3) is 0 Å². The van der Waals surface area contributed by atoms with Gasteiger partial charge in [0.1, 0.15) is 11.5 Å². The van der Waals surface area contributed by atoms with Gasteiger partial charge in [-0.05, 0) is 55.4 Å². The van der Waals surface area contributed by atoms with Crippen molar-refractivity contribution in [2.24, 2.45) is 11.8 Å². The monoisotopic (exact) mass is 352 g/mol. The number of carbonyl (C=O) groups excluding carboxylic acids is 1. The minimum absolute atomic E-state index is 0.160. The molecule has 0 spiro atoms. The number of ether oxygens (including phenoxy) is 1. The minimum Gasteiger partial charge on any atom is -0.493 e. The molecule has 1 aromatic rings. The number of Topliss-reactive ketones (excluding diaryl/α,β-unsaturated/α-hetero) is 1. The number of unbranched alkanes of at least 4 members (excludes halogenated alkanes) is 2. The molecule has 0 radical (unpaired) electrons. The molecule has 1 unspecified atom stereocenters. The van der Waals surface area contributed by atoms with Gasteiger partial charge in [0.2, 0.25) is 0 Å². The first-order valence-corrected chi connectivity index (χ1v) is 9.75. The molecule has 1 rings (SSSR count). The Balaban J connectivity index is 2.38. The van der Waals surface area contributed by atoms with Crippen molar-refractivity contribution in [3.63, 3.8) is 0 Å². The van der Waals surface area contributed by atoms with Gasteiger partial charge < -0.3 is 4.74 Å². The zero-order chi connectivity index (χ0) is 17.9. The van der Waals surface area contributed by atoms with Crippen LogP contribution in [0, 0.1) is 11.8 Å². The maximum atomic E-state index is 11.6. The van der Waals surface area contributed by atoms with E-state index in [0.29, 0.717) is 18.1 Å². The fourth-order valence-electron chi connectivity index (χ4n) is 2.76. The molecule has 0 aromatic heterocycles. The van der Waals surface area contributed by atoms with E-state index in [0.717, 1.165) is 43.1 Å². The summed E-state index contributed by atoms with van der Waals surface area (Å²) in [7, 11) is 0. The van der Waals surface area contributed by atoms with Crippen LogP contribution in [0.2, 0.25) is 5.02 Å². The number of halogens is 1. The van der Waals surface area contributed by atoms with Crippen LogP contribution in [0.1, 0.15) is 71.8 Å². The van der Waals surface area contributed by atoms with Crippen LogP contribution in [-0.2, 0) is 11.2 Å². The SMILES string of the molecule is CCCC(C)COc1cc(Cl)cc(CCCCCC(=O)C(C)C)c1. The molecule has 136 valence electrons. The van der Waals surface area contributed by atoms with Crippen molar-refractivity contribution in [2.45, 2.75) is 72.6 Å². The number of rotatable bonds is 12. The summed E-state index contributed by atoms with van der Waals surface area (Å²) in [6, 6.07) is 6.01. The van der Waals surface area contributed by atoms with Gasteiger partial charge in [-0.3, -0.25) is 4.79 Å². The maximum Gasteiger partial charge on any atom is 0.135 e. The Kier molecular flexibility index (Phi) is 10.1. The highest BCUT2D eigenvalue weighted by Gasteiger charge is 2.07. The van der Waals surface area contributed by atoms with Crippen LogP contribution in [0.4, 0.5) is 0 Å². The van der Waals surface area contributed by atoms with Gasteiger partial charge in [0.05, 0.1) is 6.61 Å². The summed E-state index contributed by atoms with van der Waals surface area (Å²) in [5, 5.41) is 0.737. The molecular formula is C21H33ClO2. The first kappa shape index (κ1) is 21.0. The van der Waals surface area contributed by atoms with Crippen LogP contribution < -0.4 is 4.74 Å². The highest BCUT2D eigenvalue weighted by Crippen LogP contribution is 2.23. The molecule has 0 saturated carbocycles. The van der Waals surface area contributed by atoms with Crippen molar-refractivity contribution in [3.8, 4) is 5.75 Å². The molecule has 1 atom stereocenters. The summed E-state index contributed by atoms with van der Waals surface area (Å²) < 4.78 is 5.90. The van der Waals surface area contributed by atoms with Crippen LogP contribution in [0.5, 0.6) is 5.75 Å². The number of aryl methyl sites for hydroxylation is 1. The van der Waals surface area contributed by atoms with Gasteiger partial charge in [0.25, 0.3) is 0 Å². The van der Waals surface area contributed by atoms with Gasteiger partial charge in [-0.1, -0.05) is 52.1 Å². The molecular weight excluding hydrogens is 320 g/mol. The van der Waals surface area contributed by atoms with Gasteiger partial charge in [-0.25, -0.2) is 0 Å². The summed E-state index contributed by atoms with van der Waals surface area (Å²) >= 11 is 6.22. The van der Waals surface area contributed by atoms with E-state index in [1.165, 1.54) is 18.4 Å².